The molecule has 3 nitrogen and oxygen atoms in total. The normalized spacial score (nSPS) is 31.2. The van der Waals surface area contributed by atoms with Crippen molar-refractivity contribution in [1.29, 1.82) is 0 Å². The quantitative estimate of drug-likeness (QED) is 0.854. The van der Waals surface area contributed by atoms with Crippen molar-refractivity contribution in [1.82, 2.24) is 4.90 Å². The maximum Gasteiger partial charge on any atom is 0.225 e. The third-order valence-corrected chi connectivity index (χ3v) is 5.36. The lowest BCUT2D eigenvalue weighted by Gasteiger charge is -2.37. The number of carbonyl (C=O) groups is 1. The highest BCUT2D eigenvalue weighted by molar-refractivity contribution is 5.78. The number of amides is 1. The molecule has 3 unspecified atom stereocenters. The minimum atomic E-state index is 0.171. The average Bonchev–Trinajstić information content (AvgIpc) is 2.46. The van der Waals surface area contributed by atoms with E-state index in [2.05, 4.69) is 18.7 Å². The van der Waals surface area contributed by atoms with E-state index in [1.807, 2.05) is 0 Å². The molecule has 1 saturated carbocycles. The van der Waals surface area contributed by atoms with E-state index < -0.39 is 0 Å². The van der Waals surface area contributed by atoms with Crippen molar-refractivity contribution in [2.45, 2.75) is 64.8 Å². The van der Waals surface area contributed by atoms with E-state index in [4.69, 9.17) is 5.73 Å². The Kier molecular flexibility index (Phi) is 5.26. The molecule has 19 heavy (non-hydrogen) atoms. The summed E-state index contributed by atoms with van der Waals surface area (Å²) < 4.78 is 0. The summed E-state index contributed by atoms with van der Waals surface area (Å²) in [5.41, 5.74) is 6.05. The van der Waals surface area contributed by atoms with Crippen molar-refractivity contribution in [3.8, 4) is 0 Å². The summed E-state index contributed by atoms with van der Waals surface area (Å²) in [7, 11) is 0. The van der Waals surface area contributed by atoms with Crippen LogP contribution in [0.4, 0.5) is 0 Å². The number of piperidine rings is 1. The first-order valence-corrected chi connectivity index (χ1v) is 8.16. The fourth-order valence-electron chi connectivity index (χ4n) is 3.77. The Morgan fingerprint density at radius 2 is 1.95 bits per heavy atom. The second-order valence-corrected chi connectivity index (χ2v) is 6.65. The SMILES string of the molecule is CCC1CCN(C(=O)C(C)C2CCCC(N)C2)CC1. The van der Waals surface area contributed by atoms with Crippen LogP contribution in [-0.2, 0) is 4.79 Å². The third-order valence-electron chi connectivity index (χ3n) is 5.36. The molecular weight excluding hydrogens is 236 g/mol. The average molecular weight is 266 g/mol. The van der Waals surface area contributed by atoms with Gasteiger partial charge in [0.1, 0.15) is 0 Å². The molecule has 1 heterocycles. The Hall–Kier alpha value is -0.570. The topological polar surface area (TPSA) is 46.3 Å². The maximum atomic E-state index is 12.6. The van der Waals surface area contributed by atoms with Crippen LogP contribution in [0, 0.1) is 17.8 Å². The molecule has 110 valence electrons. The monoisotopic (exact) mass is 266 g/mol. The molecule has 3 atom stereocenters. The minimum Gasteiger partial charge on any atom is -0.342 e. The molecule has 1 aliphatic heterocycles. The Balaban J connectivity index is 1.85. The highest BCUT2D eigenvalue weighted by atomic mass is 16.2. The molecule has 0 radical (unpaired) electrons. The third kappa shape index (κ3) is 3.71. The van der Waals surface area contributed by atoms with Crippen molar-refractivity contribution in [2.24, 2.45) is 23.5 Å². The van der Waals surface area contributed by atoms with Crippen molar-refractivity contribution < 1.29 is 4.79 Å². The van der Waals surface area contributed by atoms with E-state index >= 15 is 0 Å². The van der Waals surface area contributed by atoms with E-state index in [0.29, 0.717) is 17.9 Å². The Morgan fingerprint density at radius 3 is 2.53 bits per heavy atom. The van der Waals surface area contributed by atoms with Crippen molar-refractivity contribution >= 4 is 5.91 Å². The summed E-state index contributed by atoms with van der Waals surface area (Å²) >= 11 is 0. The number of carbonyl (C=O) groups excluding carboxylic acids is 1. The van der Waals surface area contributed by atoms with Gasteiger partial charge in [0.05, 0.1) is 0 Å². The van der Waals surface area contributed by atoms with Gasteiger partial charge in [0.25, 0.3) is 0 Å². The summed E-state index contributed by atoms with van der Waals surface area (Å²) in [5.74, 6) is 1.90. The Bertz CT molecular complexity index is 297. The summed E-state index contributed by atoms with van der Waals surface area (Å²) in [5, 5.41) is 0. The van der Waals surface area contributed by atoms with E-state index in [9.17, 15) is 4.79 Å². The smallest absolute Gasteiger partial charge is 0.225 e. The van der Waals surface area contributed by atoms with Crippen LogP contribution in [0.2, 0.25) is 0 Å². The van der Waals surface area contributed by atoms with Gasteiger partial charge in [-0.25, -0.2) is 0 Å². The lowest BCUT2D eigenvalue weighted by atomic mass is 9.78. The zero-order valence-electron chi connectivity index (χ0n) is 12.6. The molecule has 0 aromatic carbocycles. The fourth-order valence-corrected chi connectivity index (χ4v) is 3.77. The molecule has 1 amide bonds. The largest absolute Gasteiger partial charge is 0.342 e. The van der Waals surface area contributed by atoms with Gasteiger partial charge in [0.15, 0.2) is 0 Å². The summed E-state index contributed by atoms with van der Waals surface area (Å²) in [6.07, 6.45) is 8.21. The minimum absolute atomic E-state index is 0.171. The van der Waals surface area contributed by atoms with Gasteiger partial charge in [-0.2, -0.15) is 0 Å². The van der Waals surface area contributed by atoms with Gasteiger partial charge in [-0.3, -0.25) is 4.79 Å². The van der Waals surface area contributed by atoms with Gasteiger partial charge in [-0.15, -0.1) is 0 Å². The molecule has 2 N–H and O–H groups in total. The van der Waals surface area contributed by atoms with Gasteiger partial charge in [-0.1, -0.05) is 26.7 Å². The molecule has 0 aromatic rings. The molecule has 1 saturated heterocycles. The van der Waals surface area contributed by atoms with Crippen molar-refractivity contribution in [2.75, 3.05) is 13.1 Å². The number of likely N-dealkylation sites (tertiary alicyclic amines) is 1. The van der Waals surface area contributed by atoms with Crippen LogP contribution >= 0.6 is 0 Å². The van der Waals surface area contributed by atoms with E-state index in [-0.39, 0.29) is 5.92 Å². The van der Waals surface area contributed by atoms with Crippen LogP contribution in [-0.4, -0.2) is 29.9 Å². The van der Waals surface area contributed by atoms with Crippen molar-refractivity contribution in [3.05, 3.63) is 0 Å². The number of nitrogens with two attached hydrogens (primary N) is 1. The zero-order chi connectivity index (χ0) is 13.8. The van der Waals surface area contributed by atoms with Crippen LogP contribution < -0.4 is 5.73 Å². The first-order chi connectivity index (χ1) is 9.11. The van der Waals surface area contributed by atoms with E-state index in [1.54, 1.807) is 0 Å². The first kappa shape index (κ1) is 14.8. The zero-order valence-corrected chi connectivity index (χ0v) is 12.6. The standard InChI is InChI=1S/C16H30N2O/c1-3-13-7-9-18(10-8-13)16(19)12(2)14-5-4-6-15(17)11-14/h12-15H,3-11,17H2,1-2H3. The van der Waals surface area contributed by atoms with Gasteiger partial charge in [-0.05, 0) is 43.9 Å². The molecule has 3 heteroatoms. The maximum absolute atomic E-state index is 12.6. The highest BCUT2D eigenvalue weighted by Crippen LogP contribution is 2.31. The molecule has 2 aliphatic rings. The van der Waals surface area contributed by atoms with Crippen LogP contribution in [0.1, 0.15) is 58.8 Å². The lowest BCUT2D eigenvalue weighted by molar-refractivity contribution is -0.138. The van der Waals surface area contributed by atoms with Gasteiger partial charge in [0, 0.05) is 25.0 Å². The molecule has 2 fully saturated rings. The molecule has 0 bridgehead atoms. The molecule has 0 spiro atoms. The predicted molar refractivity (Wildman–Crippen MR) is 78.7 cm³/mol. The van der Waals surface area contributed by atoms with E-state index in [1.165, 1.54) is 32.1 Å². The van der Waals surface area contributed by atoms with Gasteiger partial charge < -0.3 is 10.6 Å². The first-order valence-electron chi connectivity index (χ1n) is 8.16. The van der Waals surface area contributed by atoms with Gasteiger partial charge in [0.2, 0.25) is 5.91 Å². The fraction of sp³-hybridized carbons (Fsp3) is 0.938. The molecular formula is C16H30N2O. The lowest BCUT2D eigenvalue weighted by Crippen LogP contribution is -2.44. The molecule has 0 aromatic heterocycles. The second-order valence-electron chi connectivity index (χ2n) is 6.65. The second kappa shape index (κ2) is 6.74. The van der Waals surface area contributed by atoms with Gasteiger partial charge >= 0.3 is 0 Å². The number of hydrogen-bond acceptors (Lipinski definition) is 2. The van der Waals surface area contributed by atoms with Crippen molar-refractivity contribution in [3.63, 3.8) is 0 Å². The molecule has 2 rings (SSSR count). The Morgan fingerprint density at radius 1 is 1.26 bits per heavy atom. The summed E-state index contributed by atoms with van der Waals surface area (Å²) in [6, 6.07) is 0.319. The molecule has 1 aliphatic carbocycles. The number of rotatable bonds is 3. The van der Waals surface area contributed by atoms with Crippen LogP contribution in [0.5, 0.6) is 0 Å². The summed E-state index contributed by atoms with van der Waals surface area (Å²) in [6.45, 7) is 6.33. The number of nitrogens with zero attached hydrogens (tertiary/aromatic N) is 1. The van der Waals surface area contributed by atoms with Crippen LogP contribution in [0.25, 0.3) is 0 Å². The predicted octanol–water partition coefficient (Wildman–Crippen LogP) is 2.79. The summed E-state index contributed by atoms with van der Waals surface area (Å²) in [4.78, 5) is 14.7. The van der Waals surface area contributed by atoms with Crippen LogP contribution in [0.15, 0.2) is 0 Å². The Labute approximate surface area is 117 Å². The van der Waals surface area contributed by atoms with Crippen LogP contribution in [0.3, 0.4) is 0 Å². The highest BCUT2D eigenvalue weighted by Gasteiger charge is 2.32. The number of hydrogen-bond donors (Lipinski definition) is 1. The van der Waals surface area contributed by atoms with E-state index in [0.717, 1.165) is 31.8 Å².